The number of carbonyl (C=O) groups excluding carboxylic acids is 1. The van der Waals surface area contributed by atoms with Crippen LogP contribution in [0.4, 0.5) is 10.7 Å². The molecule has 6 heteroatoms. The van der Waals surface area contributed by atoms with Gasteiger partial charge in [-0.3, -0.25) is 5.32 Å². The summed E-state index contributed by atoms with van der Waals surface area (Å²) in [4.78, 5) is 19.4. The highest BCUT2D eigenvalue weighted by molar-refractivity contribution is 5.87. The first-order chi connectivity index (χ1) is 9.28. The number of nitrogens with zero attached hydrogens (tertiary/aromatic N) is 2. The van der Waals surface area contributed by atoms with E-state index in [4.69, 9.17) is 4.74 Å². The molecule has 0 radical (unpaired) electrons. The Bertz CT molecular complexity index is 528. The van der Waals surface area contributed by atoms with Crippen LogP contribution < -0.4 is 15.4 Å². The van der Waals surface area contributed by atoms with Gasteiger partial charge in [0.25, 0.3) is 0 Å². The second-order valence-electron chi connectivity index (χ2n) is 3.73. The average Bonchev–Trinajstić information content (AvgIpc) is 2.47. The van der Waals surface area contributed by atoms with E-state index in [-0.39, 0.29) is 12.0 Å². The van der Waals surface area contributed by atoms with E-state index >= 15 is 0 Å². The lowest BCUT2D eigenvalue weighted by Gasteiger charge is -2.07. The molecule has 98 valence electrons. The zero-order chi connectivity index (χ0) is 13.5. The smallest absolute Gasteiger partial charge is 0.321 e. The van der Waals surface area contributed by atoms with Crippen LogP contribution in [0.5, 0.6) is 5.75 Å². The van der Waals surface area contributed by atoms with Crippen LogP contribution in [-0.4, -0.2) is 23.1 Å². The number of urea groups is 1. The van der Waals surface area contributed by atoms with Gasteiger partial charge in [-0.25, -0.2) is 14.8 Å². The molecule has 2 rings (SSSR count). The quantitative estimate of drug-likeness (QED) is 0.876. The van der Waals surface area contributed by atoms with Crippen molar-refractivity contribution in [3.05, 3.63) is 48.3 Å². The summed E-state index contributed by atoms with van der Waals surface area (Å²) in [7, 11) is 1.61. The van der Waals surface area contributed by atoms with Gasteiger partial charge >= 0.3 is 6.03 Å². The number of hydrogen-bond acceptors (Lipinski definition) is 4. The number of ether oxygens (including phenoxy) is 1. The first-order valence-electron chi connectivity index (χ1n) is 5.73. The molecule has 0 atom stereocenters. The molecule has 0 aliphatic carbocycles. The third-order valence-corrected chi connectivity index (χ3v) is 2.40. The van der Waals surface area contributed by atoms with Gasteiger partial charge in [-0.05, 0) is 23.8 Å². The SMILES string of the molecule is COc1ccc(CNC(=O)Nc2ncccn2)cc1. The molecule has 2 aromatic rings. The van der Waals surface area contributed by atoms with Gasteiger partial charge < -0.3 is 10.1 Å². The molecule has 0 saturated heterocycles. The number of anilines is 1. The van der Waals surface area contributed by atoms with Gasteiger partial charge in [-0.1, -0.05) is 12.1 Å². The summed E-state index contributed by atoms with van der Waals surface area (Å²) in [5, 5.41) is 5.25. The summed E-state index contributed by atoms with van der Waals surface area (Å²) in [6.45, 7) is 0.419. The van der Waals surface area contributed by atoms with E-state index in [9.17, 15) is 4.79 Å². The van der Waals surface area contributed by atoms with E-state index in [1.807, 2.05) is 24.3 Å². The molecule has 0 saturated carbocycles. The minimum atomic E-state index is -0.345. The molecule has 0 aliphatic heterocycles. The number of methoxy groups -OCH3 is 1. The maximum absolute atomic E-state index is 11.6. The van der Waals surface area contributed by atoms with E-state index < -0.39 is 0 Å². The van der Waals surface area contributed by atoms with Gasteiger partial charge in [0.15, 0.2) is 0 Å². The normalized spacial score (nSPS) is 9.74. The summed E-state index contributed by atoms with van der Waals surface area (Å²) in [6, 6.07) is 8.79. The lowest BCUT2D eigenvalue weighted by Crippen LogP contribution is -2.28. The number of benzene rings is 1. The van der Waals surface area contributed by atoms with Crippen molar-refractivity contribution in [1.82, 2.24) is 15.3 Å². The molecule has 1 heterocycles. The third-order valence-electron chi connectivity index (χ3n) is 2.40. The third kappa shape index (κ3) is 3.95. The Hall–Kier alpha value is -2.63. The standard InChI is InChI=1S/C13H14N4O2/c1-19-11-5-3-10(4-6-11)9-16-13(18)17-12-14-7-2-8-15-12/h2-8H,9H2,1H3,(H2,14,15,16,17,18). The Morgan fingerprint density at radius 1 is 1.21 bits per heavy atom. The summed E-state index contributed by atoms with van der Waals surface area (Å²) < 4.78 is 5.06. The summed E-state index contributed by atoms with van der Waals surface area (Å²) >= 11 is 0. The van der Waals surface area contributed by atoms with Crippen LogP contribution in [0.15, 0.2) is 42.7 Å². The van der Waals surface area contributed by atoms with Gasteiger partial charge in [-0.2, -0.15) is 0 Å². The zero-order valence-corrected chi connectivity index (χ0v) is 10.5. The Morgan fingerprint density at radius 3 is 2.53 bits per heavy atom. The number of nitrogens with one attached hydrogen (secondary N) is 2. The van der Waals surface area contributed by atoms with Crippen molar-refractivity contribution < 1.29 is 9.53 Å². The van der Waals surface area contributed by atoms with Crippen LogP contribution in [0, 0.1) is 0 Å². The lowest BCUT2D eigenvalue weighted by molar-refractivity contribution is 0.251. The van der Waals surface area contributed by atoms with E-state index in [1.165, 1.54) is 0 Å². The Labute approximate surface area is 110 Å². The average molecular weight is 258 g/mol. The molecule has 19 heavy (non-hydrogen) atoms. The molecule has 0 unspecified atom stereocenters. The molecule has 1 aromatic heterocycles. The van der Waals surface area contributed by atoms with Gasteiger partial charge in [-0.15, -0.1) is 0 Å². The van der Waals surface area contributed by atoms with Crippen molar-refractivity contribution >= 4 is 12.0 Å². The molecular weight excluding hydrogens is 244 g/mol. The second-order valence-corrected chi connectivity index (χ2v) is 3.73. The molecule has 2 amide bonds. The van der Waals surface area contributed by atoms with Crippen molar-refractivity contribution in [3.63, 3.8) is 0 Å². The first kappa shape index (κ1) is 12.8. The van der Waals surface area contributed by atoms with E-state index in [2.05, 4.69) is 20.6 Å². The fraction of sp³-hybridized carbons (Fsp3) is 0.154. The number of amides is 2. The first-order valence-corrected chi connectivity index (χ1v) is 5.73. The van der Waals surface area contributed by atoms with Crippen LogP contribution in [0.1, 0.15) is 5.56 Å². The van der Waals surface area contributed by atoms with Crippen molar-refractivity contribution in [2.24, 2.45) is 0 Å². The van der Waals surface area contributed by atoms with Crippen molar-refractivity contribution in [2.45, 2.75) is 6.54 Å². The molecule has 6 nitrogen and oxygen atoms in total. The minimum absolute atomic E-state index is 0.273. The van der Waals surface area contributed by atoms with E-state index in [0.717, 1.165) is 11.3 Å². The van der Waals surface area contributed by atoms with Gasteiger partial charge in [0.1, 0.15) is 5.75 Å². The predicted octanol–water partition coefficient (Wildman–Crippen LogP) is 1.81. The number of hydrogen-bond donors (Lipinski definition) is 2. The number of rotatable bonds is 4. The number of carbonyl (C=O) groups is 1. The Kier molecular flexibility index (Phi) is 4.28. The molecular formula is C13H14N4O2. The highest BCUT2D eigenvalue weighted by Gasteiger charge is 2.02. The van der Waals surface area contributed by atoms with Gasteiger partial charge in [0.2, 0.25) is 5.95 Å². The largest absolute Gasteiger partial charge is 0.497 e. The van der Waals surface area contributed by atoms with Gasteiger partial charge in [0.05, 0.1) is 7.11 Å². The molecule has 0 bridgehead atoms. The van der Waals surface area contributed by atoms with Crippen LogP contribution in [0.3, 0.4) is 0 Å². The van der Waals surface area contributed by atoms with Crippen LogP contribution in [-0.2, 0) is 6.54 Å². The minimum Gasteiger partial charge on any atom is -0.497 e. The van der Waals surface area contributed by atoms with Crippen LogP contribution in [0.2, 0.25) is 0 Å². The predicted molar refractivity (Wildman–Crippen MR) is 70.9 cm³/mol. The van der Waals surface area contributed by atoms with Crippen LogP contribution in [0.25, 0.3) is 0 Å². The topological polar surface area (TPSA) is 76.1 Å². The molecule has 2 N–H and O–H groups in total. The molecule has 1 aromatic carbocycles. The summed E-state index contributed by atoms with van der Waals surface area (Å²) in [6.07, 6.45) is 3.12. The fourth-order valence-corrected chi connectivity index (χ4v) is 1.44. The summed E-state index contributed by atoms with van der Waals surface area (Å²) in [5.74, 6) is 1.06. The molecule has 0 spiro atoms. The summed E-state index contributed by atoms with van der Waals surface area (Å²) in [5.41, 5.74) is 0.977. The van der Waals surface area contributed by atoms with Crippen LogP contribution >= 0.6 is 0 Å². The monoisotopic (exact) mass is 258 g/mol. The fourth-order valence-electron chi connectivity index (χ4n) is 1.44. The Morgan fingerprint density at radius 2 is 1.89 bits per heavy atom. The number of aromatic nitrogens is 2. The van der Waals surface area contributed by atoms with Gasteiger partial charge in [0, 0.05) is 18.9 Å². The molecule has 0 aliphatic rings. The highest BCUT2D eigenvalue weighted by Crippen LogP contribution is 2.10. The highest BCUT2D eigenvalue weighted by atomic mass is 16.5. The zero-order valence-electron chi connectivity index (χ0n) is 10.5. The van der Waals surface area contributed by atoms with Crippen molar-refractivity contribution in [1.29, 1.82) is 0 Å². The van der Waals surface area contributed by atoms with Crippen molar-refractivity contribution in [3.8, 4) is 5.75 Å². The van der Waals surface area contributed by atoms with E-state index in [1.54, 1.807) is 25.6 Å². The van der Waals surface area contributed by atoms with Crippen molar-refractivity contribution in [2.75, 3.05) is 12.4 Å². The second kappa shape index (κ2) is 6.34. The lowest BCUT2D eigenvalue weighted by atomic mass is 10.2. The maximum Gasteiger partial charge on any atom is 0.321 e. The Balaban J connectivity index is 1.83. The van der Waals surface area contributed by atoms with E-state index in [0.29, 0.717) is 6.54 Å². The molecule has 0 fully saturated rings. The maximum atomic E-state index is 11.6.